The van der Waals surface area contributed by atoms with Crippen molar-refractivity contribution in [3.63, 3.8) is 0 Å². The molecule has 1 aliphatic rings. The van der Waals surface area contributed by atoms with Crippen LogP contribution < -0.4 is 10.1 Å². The van der Waals surface area contributed by atoms with E-state index >= 15 is 0 Å². The second-order valence-electron chi connectivity index (χ2n) is 7.91. The molecule has 2 aromatic rings. The van der Waals surface area contributed by atoms with Gasteiger partial charge in [-0.1, -0.05) is 41.4 Å². The molecule has 0 bridgehead atoms. The van der Waals surface area contributed by atoms with Gasteiger partial charge in [0.15, 0.2) is 6.61 Å². The van der Waals surface area contributed by atoms with Gasteiger partial charge < -0.3 is 15.0 Å². The Morgan fingerprint density at radius 1 is 1.10 bits per heavy atom. The lowest BCUT2D eigenvalue weighted by Gasteiger charge is -2.32. The molecule has 0 radical (unpaired) electrons. The summed E-state index contributed by atoms with van der Waals surface area (Å²) in [7, 11) is 0. The average molecular weight is 429 g/mol. The van der Waals surface area contributed by atoms with Gasteiger partial charge in [0.05, 0.1) is 0 Å². The van der Waals surface area contributed by atoms with E-state index in [4.69, 9.17) is 16.3 Å². The molecule has 1 heterocycles. The molecule has 1 N–H and O–H groups in total. The van der Waals surface area contributed by atoms with E-state index in [2.05, 4.69) is 5.32 Å². The van der Waals surface area contributed by atoms with Crippen LogP contribution >= 0.6 is 11.6 Å². The molecule has 3 rings (SSSR count). The molecule has 0 atom stereocenters. The van der Waals surface area contributed by atoms with Crippen molar-refractivity contribution in [2.75, 3.05) is 19.7 Å². The third-order valence-electron chi connectivity index (χ3n) is 5.44. The van der Waals surface area contributed by atoms with Crippen LogP contribution in [0.4, 0.5) is 0 Å². The van der Waals surface area contributed by atoms with Crippen molar-refractivity contribution in [3.8, 4) is 5.75 Å². The first kappa shape index (κ1) is 22.2. The Morgan fingerprint density at radius 3 is 2.47 bits per heavy atom. The van der Waals surface area contributed by atoms with E-state index in [0.29, 0.717) is 31.0 Å². The van der Waals surface area contributed by atoms with Crippen molar-refractivity contribution in [2.45, 2.75) is 45.6 Å². The molecule has 5 nitrogen and oxygen atoms in total. The second kappa shape index (κ2) is 10.5. The van der Waals surface area contributed by atoms with Crippen molar-refractivity contribution in [3.05, 3.63) is 64.2 Å². The molecule has 2 aromatic carbocycles. The number of carbonyl (C=O) groups is 2. The molecular formula is C24H29ClN2O3. The normalized spacial score (nSPS) is 14.4. The van der Waals surface area contributed by atoms with Gasteiger partial charge >= 0.3 is 0 Å². The lowest BCUT2D eigenvalue weighted by atomic mass is 10.0. The molecule has 2 amide bonds. The van der Waals surface area contributed by atoms with Gasteiger partial charge in [-0.05, 0) is 62.4 Å². The van der Waals surface area contributed by atoms with E-state index in [9.17, 15) is 9.59 Å². The SMILES string of the molecule is Cc1ccc(OCC(=O)NC2CCN(C(=O)CCc3ccc(Cl)cc3)CC2)c(C)c1. The highest BCUT2D eigenvalue weighted by molar-refractivity contribution is 6.30. The van der Waals surface area contributed by atoms with Crippen LogP contribution in [0.3, 0.4) is 0 Å². The summed E-state index contributed by atoms with van der Waals surface area (Å²) in [5, 5.41) is 3.73. The van der Waals surface area contributed by atoms with E-state index in [-0.39, 0.29) is 24.5 Å². The highest BCUT2D eigenvalue weighted by Gasteiger charge is 2.23. The quantitative estimate of drug-likeness (QED) is 0.723. The van der Waals surface area contributed by atoms with E-state index in [1.807, 2.05) is 61.2 Å². The summed E-state index contributed by atoms with van der Waals surface area (Å²) < 4.78 is 5.65. The summed E-state index contributed by atoms with van der Waals surface area (Å²) in [4.78, 5) is 26.6. The predicted molar refractivity (Wildman–Crippen MR) is 119 cm³/mol. The third-order valence-corrected chi connectivity index (χ3v) is 5.69. The van der Waals surface area contributed by atoms with Crippen LogP contribution in [0.1, 0.15) is 36.0 Å². The Labute approximate surface area is 183 Å². The molecule has 1 saturated heterocycles. The van der Waals surface area contributed by atoms with Crippen molar-refractivity contribution in [2.24, 2.45) is 0 Å². The number of rotatable bonds is 7. The maximum Gasteiger partial charge on any atom is 0.258 e. The zero-order valence-corrected chi connectivity index (χ0v) is 18.4. The van der Waals surface area contributed by atoms with Crippen LogP contribution in [0.5, 0.6) is 5.75 Å². The molecule has 0 saturated carbocycles. The number of aryl methyl sites for hydroxylation is 3. The maximum atomic E-state index is 12.5. The Balaban J connectivity index is 1.36. The summed E-state index contributed by atoms with van der Waals surface area (Å²) in [6.07, 6.45) is 2.73. The number of likely N-dealkylation sites (tertiary alicyclic amines) is 1. The lowest BCUT2D eigenvalue weighted by molar-refractivity contribution is -0.132. The summed E-state index contributed by atoms with van der Waals surface area (Å²) in [6.45, 7) is 5.34. The van der Waals surface area contributed by atoms with Crippen LogP contribution in [0.25, 0.3) is 0 Å². The van der Waals surface area contributed by atoms with Crippen LogP contribution in [-0.2, 0) is 16.0 Å². The number of nitrogens with one attached hydrogen (secondary N) is 1. The molecule has 1 aliphatic heterocycles. The summed E-state index contributed by atoms with van der Waals surface area (Å²) in [5.41, 5.74) is 3.30. The van der Waals surface area contributed by atoms with Crippen LogP contribution in [0.15, 0.2) is 42.5 Å². The van der Waals surface area contributed by atoms with E-state index in [1.165, 1.54) is 5.56 Å². The fourth-order valence-corrected chi connectivity index (χ4v) is 3.83. The van der Waals surface area contributed by atoms with Crippen molar-refractivity contribution in [1.29, 1.82) is 0 Å². The van der Waals surface area contributed by atoms with Crippen molar-refractivity contribution in [1.82, 2.24) is 10.2 Å². The topological polar surface area (TPSA) is 58.6 Å². The first-order valence-corrected chi connectivity index (χ1v) is 10.8. The molecule has 0 aliphatic carbocycles. The van der Waals surface area contributed by atoms with Crippen LogP contribution in [0, 0.1) is 13.8 Å². The van der Waals surface area contributed by atoms with Gasteiger partial charge in [0.2, 0.25) is 5.91 Å². The number of ether oxygens (including phenoxy) is 1. The minimum atomic E-state index is -0.123. The second-order valence-corrected chi connectivity index (χ2v) is 8.34. The van der Waals surface area contributed by atoms with Gasteiger partial charge in [-0.25, -0.2) is 0 Å². The van der Waals surface area contributed by atoms with Gasteiger partial charge in [0, 0.05) is 30.6 Å². The fourth-order valence-electron chi connectivity index (χ4n) is 3.71. The highest BCUT2D eigenvalue weighted by atomic mass is 35.5. The number of nitrogens with zero attached hydrogens (tertiary/aromatic N) is 1. The van der Waals surface area contributed by atoms with E-state index in [0.717, 1.165) is 29.7 Å². The smallest absolute Gasteiger partial charge is 0.258 e. The Hall–Kier alpha value is -2.53. The fraction of sp³-hybridized carbons (Fsp3) is 0.417. The van der Waals surface area contributed by atoms with Gasteiger partial charge in [-0.15, -0.1) is 0 Å². The number of piperidine rings is 1. The third kappa shape index (κ3) is 6.49. The monoisotopic (exact) mass is 428 g/mol. The van der Waals surface area contributed by atoms with Crippen molar-refractivity contribution >= 4 is 23.4 Å². The lowest BCUT2D eigenvalue weighted by Crippen LogP contribution is -2.47. The van der Waals surface area contributed by atoms with E-state index < -0.39 is 0 Å². The Kier molecular flexibility index (Phi) is 7.75. The molecule has 30 heavy (non-hydrogen) atoms. The number of hydrogen-bond acceptors (Lipinski definition) is 3. The molecule has 160 valence electrons. The van der Waals surface area contributed by atoms with Gasteiger partial charge in [0.1, 0.15) is 5.75 Å². The largest absolute Gasteiger partial charge is 0.484 e. The van der Waals surface area contributed by atoms with Gasteiger partial charge in [-0.2, -0.15) is 0 Å². The zero-order valence-electron chi connectivity index (χ0n) is 17.6. The molecule has 1 fully saturated rings. The zero-order chi connectivity index (χ0) is 21.5. The maximum absolute atomic E-state index is 12.5. The minimum absolute atomic E-state index is 0.00411. The van der Waals surface area contributed by atoms with Crippen LogP contribution in [0.2, 0.25) is 5.02 Å². The summed E-state index contributed by atoms with van der Waals surface area (Å²) in [5.74, 6) is 0.771. The predicted octanol–water partition coefficient (Wildman–Crippen LogP) is 4.08. The minimum Gasteiger partial charge on any atom is -0.484 e. The molecule has 0 spiro atoms. The number of carbonyl (C=O) groups excluding carboxylic acids is 2. The van der Waals surface area contributed by atoms with E-state index in [1.54, 1.807) is 0 Å². The summed E-state index contributed by atoms with van der Waals surface area (Å²) >= 11 is 5.90. The highest BCUT2D eigenvalue weighted by Crippen LogP contribution is 2.19. The Morgan fingerprint density at radius 2 is 1.80 bits per heavy atom. The van der Waals surface area contributed by atoms with Gasteiger partial charge in [-0.3, -0.25) is 9.59 Å². The molecule has 6 heteroatoms. The first-order chi connectivity index (χ1) is 14.4. The number of hydrogen-bond donors (Lipinski definition) is 1. The first-order valence-electron chi connectivity index (χ1n) is 10.4. The standard InChI is InChI=1S/C24H29ClN2O3/c1-17-3-9-22(18(2)15-17)30-16-23(28)26-21-11-13-27(14-12-21)24(29)10-6-19-4-7-20(25)8-5-19/h3-5,7-9,15,21H,6,10-14,16H2,1-2H3,(H,26,28). The molecule has 0 aromatic heterocycles. The van der Waals surface area contributed by atoms with Gasteiger partial charge in [0.25, 0.3) is 5.91 Å². The van der Waals surface area contributed by atoms with Crippen molar-refractivity contribution < 1.29 is 14.3 Å². The number of amides is 2. The Bertz CT molecular complexity index is 875. The summed E-state index contributed by atoms with van der Waals surface area (Å²) in [6, 6.07) is 13.6. The average Bonchev–Trinajstić information content (AvgIpc) is 2.73. The molecule has 0 unspecified atom stereocenters. The van der Waals surface area contributed by atoms with Crippen LogP contribution in [-0.4, -0.2) is 42.5 Å². The number of benzene rings is 2. The number of halogens is 1. The molecular weight excluding hydrogens is 400 g/mol.